The van der Waals surface area contributed by atoms with Crippen LogP contribution in [0.15, 0.2) is 30.7 Å². The number of hydrogen-bond donors (Lipinski definition) is 1. The number of pyridine rings is 1. The molecule has 0 radical (unpaired) electrons. The van der Waals surface area contributed by atoms with E-state index in [1.807, 2.05) is 18.6 Å². The summed E-state index contributed by atoms with van der Waals surface area (Å²) in [4.78, 5) is 11.2. The number of nitrogens with zero attached hydrogens (tertiary/aromatic N) is 4. The highest BCUT2D eigenvalue weighted by atomic mass is 16.3. The Kier molecular flexibility index (Phi) is 5.08. The van der Waals surface area contributed by atoms with Gasteiger partial charge in [-0.05, 0) is 57.5 Å². The van der Waals surface area contributed by atoms with Crippen molar-refractivity contribution < 1.29 is 5.11 Å². The Bertz CT molecular complexity index is 617. The van der Waals surface area contributed by atoms with Gasteiger partial charge < -0.3 is 9.67 Å². The van der Waals surface area contributed by atoms with E-state index in [-0.39, 0.29) is 12.6 Å². The van der Waals surface area contributed by atoms with Crippen LogP contribution in [-0.4, -0.2) is 44.2 Å². The number of likely N-dealkylation sites (tertiary alicyclic amines) is 1. The van der Waals surface area contributed by atoms with Gasteiger partial charge in [0.05, 0.1) is 12.6 Å². The second-order valence-electron chi connectivity index (χ2n) is 6.57. The molecule has 0 bridgehead atoms. The first-order valence-electron chi connectivity index (χ1n) is 8.45. The lowest BCUT2D eigenvalue weighted by Gasteiger charge is -2.32. The van der Waals surface area contributed by atoms with E-state index in [1.54, 1.807) is 0 Å². The van der Waals surface area contributed by atoms with E-state index < -0.39 is 0 Å². The van der Waals surface area contributed by atoms with Crippen LogP contribution in [0.2, 0.25) is 0 Å². The van der Waals surface area contributed by atoms with Crippen LogP contribution in [0.5, 0.6) is 0 Å². The van der Waals surface area contributed by atoms with Crippen molar-refractivity contribution in [3.8, 4) is 0 Å². The van der Waals surface area contributed by atoms with Gasteiger partial charge in [0.1, 0.15) is 5.82 Å². The molecule has 0 aliphatic carbocycles. The summed E-state index contributed by atoms with van der Waals surface area (Å²) in [5, 5.41) is 9.50. The number of aromatic nitrogens is 3. The Morgan fingerprint density at radius 3 is 2.61 bits per heavy atom. The number of aliphatic hydroxyl groups is 1. The van der Waals surface area contributed by atoms with E-state index in [1.165, 1.54) is 5.56 Å². The number of aryl methyl sites for hydroxylation is 1. The molecule has 1 N–H and O–H groups in total. The predicted octanol–water partition coefficient (Wildman–Crippen LogP) is 2.52. The third kappa shape index (κ3) is 3.62. The van der Waals surface area contributed by atoms with Crippen molar-refractivity contribution in [1.29, 1.82) is 0 Å². The normalized spacial score (nSPS) is 18.2. The van der Waals surface area contributed by atoms with Gasteiger partial charge in [-0.2, -0.15) is 0 Å². The predicted molar refractivity (Wildman–Crippen MR) is 90.2 cm³/mol. The maximum atomic E-state index is 9.50. The molecule has 124 valence electrons. The average Bonchev–Trinajstić information content (AvgIpc) is 2.97. The molecule has 2 aromatic heterocycles. The molecule has 23 heavy (non-hydrogen) atoms. The SMILES string of the molecule is Cc1cnc(C2CCN(Cc3ccncc3)CC2)n1[C@H](C)CO. The molecule has 1 atom stereocenters. The molecule has 0 unspecified atom stereocenters. The minimum Gasteiger partial charge on any atom is -0.394 e. The first kappa shape index (κ1) is 16.1. The molecule has 1 saturated heterocycles. The molecular formula is C18H26N4O. The van der Waals surface area contributed by atoms with E-state index >= 15 is 0 Å². The van der Waals surface area contributed by atoms with Crippen molar-refractivity contribution in [3.05, 3.63) is 47.8 Å². The molecule has 1 aliphatic rings. The molecular weight excluding hydrogens is 288 g/mol. The standard InChI is InChI=1S/C18H26N4O/c1-14-11-20-18(22(14)15(2)13-23)17-5-9-21(10-6-17)12-16-3-7-19-8-4-16/h3-4,7-8,11,15,17,23H,5-6,9-10,12-13H2,1-2H3/t15-/m1/s1. The van der Waals surface area contributed by atoms with Crippen LogP contribution in [-0.2, 0) is 6.54 Å². The van der Waals surface area contributed by atoms with E-state index in [4.69, 9.17) is 0 Å². The Morgan fingerprint density at radius 2 is 1.96 bits per heavy atom. The highest BCUT2D eigenvalue weighted by Gasteiger charge is 2.26. The smallest absolute Gasteiger partial charge is 0.112 e. The molecule has 0 saturated carbocycles. The van der Waals surface area contributed by atoms with Gasteiger partial charge in [0.15, 0.2) is 0 Å². The van der Waals surface area contributed by atoms with Gasteiger partial charge in [-0.15, -0.1) is 0 Å². The van der Waals surface area contributed by atoms with Gasteiger partial charge in [0, 0.05) is 36.7 Å². The Labute approximate surface area is 138 Å². The number of piperidine rings is 1. The summed E-state index contributed by atoms with van der Waals surface area (Å²) >= 11 is 0. The molecule has 5 heteroatoms. The van der Waals surface area contributed by atoms with Crippen LogP contribution in [0, 0.1) is 6.92 Å². The van der Waals surface area contributed by atoms with Crippen LogP contribution in [0.1, 0.15) is 48.8 Å². The molecule has 0 aromatic carbocycles. The highest BCUT2D eigenvalue weighted by Crippen LogP contribution is 2.30. The molecule has 5 nitrogen and oxygen atoms in total. The fourth-order valence-corrected chi connectivity index (χ4v) is 3.52. The number of rotatable bonds is 5. The van der Waals surface area contributed by atoms with Crippen LogP contribution in [0.3, 0.4) is 0 Å². The maximum Gasteiger partial charge on any atom is 0.112 e. The van der Waals surface area contributed by atoms with Crippen molar-refractivity contribution in [3.63, 3.8) is 0 Å². The molecule has 1 aliphatic heterocycles. The number of hydrogen-bond acceptors (Lipinski definition) is 4. The maximum absolute atomic E-state index is 9.50. The first-order valence-corrected chi connectivity index (χ1v) is 8.45. The highest BCUT2D eigenvalue weighted by molar-refractivity contribution is 5.12. The lowest BCUT2D eigenvalue weighted by atomic mass is 9.95. The van der Waals surface area contributed by atoms with Gasteiger partial charge in [-0.1, -0.05) is 0 Å². The van der Waals surface area contributed by atoms with Crippen LogP contribution < -0.4 is 0 Å². The van der Waals surface area contributed by atoms with Crippen LogP contribution in [0.4, 0.5) is 0 Å². The Balaban J connectivity index is 1.63. The van der Waals surface area contributed by atoms with Gasteiger partial charge >= 0.3 is 0 Å². The third-order valence-electron chi connectivity index (χ3n) is 4.82. The zero-order valence-corrected chi connectivity index (χ0v) is 14.0. The van der Waals surface area contributed by atoms with Crippen molar-refractivity contribution in [2.45, 2.75) is 45.2 Å². The zero-order chi connectivity index (χ0) is 16.2. The average molecular weight is 314 g/mol. The summed E-state index contributed by atoms with van der Waals surface area (Å²) < 4.78 is 2.21. The van der Waals surface area contributed by atoms with Gasteiger partial charge in [0.25, 0.3) is 0 Å². The van der Waals surface area contributed by atoms with Crippen molar-refractivity contribution >= 4 is 0 Å². The number of aliphatic hydroxyl groups excluding tert-OH is 1. The van der Waals surface area contributed by atoms with Gasteiger partial charge in [-0.25, -0.2) is 4.98 Å². The molecule has 3 rings (SSSR count). The molecule has 0 amide bonds. The molecule has 3 heterocycles. The summed E-state index contributed by atoms with van der Waals surface area (Å²) in [5.74, 6) is 1.64. The lowest BCUT2D eigenvalue weighted by molar-refractivity contribution is 0.193. The lowest BCUT2D eigenvalue weighted by Crippen LogP contribution is -2.33. The molecule has 2 aromatic rings. The van der Waals surface area contributed by atoms with Crippen molar-refractivity contribution in [2.75, 3.05) is 19.7 Å². The van der Waals surface area contributed by atoms with Crippen LogP contribution in [0.25, 0.3) is 0 Å². The fourth-order valence-electron chi connectivity index (χ4n) is 3.52. The summed E-state index contributed by atoms with van der Waals surface area (Å²) in [6.45, 7) is 7.46. The summed E-state index contributed by atoms with van der Waals surface area (Å²) in [6, 6.07) is 4.28. The largest absolute Gasteiger partial charge is 0.394 e. The summed E-state index contributed by atoms with van der Waals surface area (Å²) in [7, 11) is 0. The second kappa shape index (κ2) is 7.23. The van der Waals surface area contributed by atoms with Gasteiger partial charge in [0.2, 0.25) is 0 Å². The van der Waals surface area contributed by atoms with E-state index in [0.29, 0.717) is 5.92 Å². The van der Waals surface area contributed by atoms with Crippen LogP contribution >= 0.6 is 0 Å². The van der Waals surface area contributed by atoms with Crippen molar-refractivity contribution in [2.24, 2.45) is 0 Å². The van der Waals surface area contributed by atoms with E-state index in [0.717, 1.165) is 44.0 Å². The fraction of sp³-hybridized carbons (Fsp3) is 0.556. The Morgan fingerprint density at radius 1 is 1.26 bits per heavy atom. The molecule has 1 fully saturated rings. The quantitative estimate of drug-likeness (QED) is 0.921. The van der Waals surface area contributed by atoms with Crippen molar-refractivity contribution in [1.82, 2.24) is 19.4 Å². The number of imidazole rings is 1. The third-order valence-corrected chi connectivity index (χ3v) is 4.82. The first-order chi connectivity index (χ1) is 11.2. The minimum absolute atomic E-state index is 0.0994. The van der Waals surface area contributed by atoms with E-state index in [2.05, 4.69) is 45.4 Å². The monoisotopic (exact) mass is 314 g/mol. The Hall–Kier alpha value is -1.72. The second-order valence-corrected chi connectivity index (χ2v) is 6.57. The van der Waals surface area contributed by atoms with E-state index in [9.17, 15) is 5.11 Å². The van der Waals surface area contributed by atoms with Gasteiger partial charge in [-0.3, -0.25) is 9.88 Å². The molecule has 0 spiro atoms. The summed E-state index contributed by atoms with van der Waals surface area (Å²) in [6.07, 6.45) is 7.90. The minimum atomic E-state index is 0.0994. The summed E-state index contributed by atoms with van der Waals surface area (Å²) in [5.41, 5.74) is 2.46. The zero-order valence-electron chi connectivity index (χ0n) is 14.0. The topological polar surface area (TPSA) is 54.2 Å².